The number of likely N-dealkylation sites (N-methyl/N-ethyl adjacent to an activating group) is 1. The maximum Gasteiger partial charge on any atom is 0.259 e. The molecular weight excluding hydrogens is 437 g/mol. The maximum absolute atomic E-state index is 13.7. The SMILES string of the molecule is C[C@@H]1CN([C@@H](C)CO)C(=O)c2cc(-c3cccc(F)c3)cnc2O[C@@H]1CN(C)S(C)(=O)=O. The summed E-state index contributed by atoms with van der Waals surface area (Å²) in [6, 6.07) is 7.07. The van der Waals surface area contributed by atoms with Crippen molar-refractivity contribution in [2.75, 3.05) is 33.0 Å². The summed E-state index contributed by atoms with van der Waals surface area (Å²) in [7, 11) is -1.98. The summed E-state index contributed by atoms with van der Waals surface area (Å²) in [6.45, 7) is 3.68. The maximum atomic E-state index is 13.7. The molecule has 174 valence electrons. The average Bonchev–Trinajstić information content (AvgIpc) is 2.74. The first-order chi connectivity index (χ1) is 15.0. The van der Waals surface area contributed by atoms with Crippen molar-refractivity contribution in [2.45, 2.75) is 26.0 Å². The van der Waals surface area contributed by atoms with Gasteiger partial charge in [0.1, 0.15) is 17.5 Å². The number of aromatic nitrogens is 1. The Hall–Kier alpha value is -2.56. The molecule has 3 rings (SSSR count). The zero-order valence-corrected chi connectivity index (χ0v) is 19.3. The molecule has 1 aromatic heterocycles. The van der Waals surface area contributed by atoms with Gasteiger partial charge in [-0.25, -0.2) is 22.1 Å². The highest BCUT2D eigenvalue weighted by Crippen LogP contribution is 2.30. The Morgan fingerprint density at radius 2 is 2.06 bits per heavy atom. The standard InChI is InChI=1S/C22H28FN3O5S/c1-14-11-26(15(2)13-27)22(28)19-9-17(16-6-5-7-18(23)8-16)10-24-21(19)31-20(14)12-25(3)32(4,29)30/h5-10,14-15,20,27H,11-13H2,1-4H3/t14-,15+,20-/m1/s1. The summed E-state index contributed by atoms with van der Waals surface area (Å²) in [6.07, 6.45) is 2.02. The van der Waals surface area contributed by atoms with Crippen LogP contribution in [0.15, 0.2) is 36.5 Å². The van der Waals surface area contributed by atoms with Crippen molar-refractivity contribution in [3.8, 4) is 17.0 Å². The van der Waals surface area contributed by atoms with Crippen LogP contribution in [0.2, 0.25) is 0 Å². The molecule has 10 heteroatoms. The molecule has 0 unspecified atom stereocenters. The fourth-order valence-electron chi connectivity index (χ4n) is 3.53. The van der Waals surface area contributed by atoms with E-state index in [1.54, 1.807) is 25.1 Å². The second-order valence-corrected chi connectivity index (χ2v) is 10.3. The van der Waals surface area contributed by atoms with Gasteiger partial charge in [0, 0.05) is 31.3 Å². The summed E-state index contributed by atoms with van der Waals surface area (Å²) < 4.78 is 44.8. The van der Waals surface area contributed by atoms with E-state index in [9.17, 15) is 22.7 Å². The number of aliphatic hydroxyl groups excluding tert-OH is 1. The van der Waals surface area contributed by atoms with Crippen LogP contribution in [0.1, 0.15) is 24.2 Å². The summed E-state index contributed by atoms with van der Waals surface area (Å²) in [5.74, 6) is -0.946. The number of ether oxygens (including phenoxy) is 1. The van der Waals surface area contributed by atoms with E-state index in [-0.39, 0.29) is 43.0 Å². The normalized spacial score (nSPS) is 20.3. The van der Waals surface area contributed by atoms with Crippen LogP contribution in [0.25, 0.3) is 11.1 Å². The second kappa shape index (κ2) is 9.51. The van der Waals surface area contributed by atoms with Gasteiger partial charge in [-0.3, -0.25) is 4.79 Å². The van der Waals surface area contributed by atoms with Crippen LogP contribution in [0.3, 0.4) is 0 Å². The predicted molar refractivity (Wildman–Crippen MR) is 118 cm³/mol. The molecule has 2 aromatic rings. The summed E-state index contributed by atoms with van der Waals surface area (Å²) >= 11 is 0. The Morgan fingerprint density at radius 1 is 1.34 bits per heavy atom. The summed E-state index contributed by atoms with van der Waals surface area (Å²) in [5, 5.41) is 9.71. The van der Waals surface area contributed by atoms with Gasteiger partial charge in [-0.1, -0.05) is 19.1 Å². The molecule has 0 aliphatic carbocycles. The number of pyridine rings is 1. The first-order valence-corrected chi connectivity index (χ1v) is 12.1. The smallest absolute Gasteiger partial charge is 0.259 e. The number of hydrogen-bond acceptors (Lipinski definition) is 6. The number of halogens is 1. The summed E-state index contributed by atoms with van der Waals surface area (Å²) in [5.41, 5.74) is 1.26. The van der Waals surface area contributed by atoms with E-state index < -0.39 is 28.0 Å². The highest BCUT2D eigenvalue weighted by atomic mass is 32.2. The fraction of sp³-hybridized carbons (Fsp3) is 0.455. The molecule has 0 fully saturated rings. The Labute approximate surface area is 187 Å². The van der Waals surface area contributed by atoms with Crippen LogP contribution in [-0.2, 0) is 10.0 Å². The average molecular weight is 466 g/mol. The van der Waals surface area contributed by atoms with E-state index in [1.165, 1.54) is 34.6 Å². The van der Waals surface area contributed by atoms with Gasteiger partial charge in [-0.2, -0.15) is 0 Å². The minimum absolute atomic E-state index is 0.0717. The number of rotatable bonds is 6. The van der Waals surface area contributed by atoms with E-state index in [0.29, 0.717) is 11.1 Å². The number of aliphatic hydroxyl groups is 1. The van der Waals surface area contributed by atoms with Crippen LogP contribution in [-0.4, -0.2) is 78.8 Å². The quantitative estimate of drug-likeness (QED) is 0.701. The molecule has 0 saturated carbocycles. The van der Waals surface area contributed by atoms with Crippen molar-refractivity contribution < 1.29 is 27.4 Å². The molecule has 1 aromatic carbocycles. The first kappa shape index (κ1) is 24.1. The van der Waals surface area contributed by atoms with Gasteiger partial charge in [0.05, 0.1) is 25.4 Å². The van der Waals surface area contributed by atoms with Crippen LogP contribution >= 0.6 is 0 Å². The Balaban J connectivity index is 2.07. The Kier molecular flexibility index (Phi) is 7.16. The zero-order valence-electron chi connectivity index (χ0n) is 18.5. The van der Waals surface area contributed by atoms with Gasteiger partial charge in [0.2, 0.25) is 15.9 Å². The Morgan fingerprint density at radius 3 is 2.69 bits per heavy atom. The molecule has 0 radical (unpaired) electrons. The van der Waals surface area contributed by atoms with Crippen molar-refractivity contribution in [3.63, 3.8) is 0 Å². The van der Waals surface area contributed by atoms with Crippen LogP contribution in [0.4, 0.5) is 4.39 Å². The number of sulfonamides is 1. The van der Waals surface area contributed by atoms with E-state index in [4.69, 9.17) is 4.74 Å². The number of nitrogens with zero attached hydrogens (tertiary/aromatic N) is 3. The van der Waals surface area contributed by atoms with Crippen molar-refractivity contribution in [3.05, 3.63) is 47.9 Å². The molecule has 1 aliphatic heterocycles. The fourth-order valence-corrected chi connectivity index (χ4v) is 3.95. The predicted octanol–water partition coefficient (Wildman–Crippen LogP) is 2.00. The van der Waals surface area contributed by atoms with Gasteiger partial charge in [0.25, 0.3) is 5.91 Å². The third-order valence-corrected chi connectivity index (χ3v) is 6.96. The highest BCUT2D eigenvalue weighted by Gasteiger charge is 2.35. The van der Waals surface area contributed by atoms with Crippen LogP contribution < -0.4 is 4.74 Å². The molecule has 32 heavy (non-hydrogen) atoms. The van der Waals surface area contributed by atoms with Gasteiger partial charge >= 0.3 is 0 Å². The topological polar surface area (TPSA) is 100 Å². The monoisotopic (exact) mass is 465 g/mol. The van der Waals surface area contributed by atoms with Crippen LogP contribution in [0.5, 0.6) is 5.88 Å². The lowest BCUT2D eigenvalue weighted by Crippen LogP contribution is -2.50. The van der Waals surface area contributed by atoms with Gasteiger partial charge in [-0.05, 0) is 30.7 Å². The third kappa shape index (κ3) is 5.25. The van der Waals surface area contributed by atoms with Crippen LogP contribution in [0, 0.1) is 11.7 Å². The van der Waals surface area contributed by atoms with Crippen molar-refractivity contribution in [2.24, 2.45) is 5.92 Å². The zero-order chi connectivity index (χ0) is 23.6. The molecule has 0 spiro atoms. The van der Waals surface area contributed by atoms with Crippen molar-refractivity contribution in [1.82, 2.24) is 14.2 Å². The molecule has 1 amide bonds. The minimum Gasteiger partial charge on any atom is -0.472 e. The molecule has 1 aliphatic rings. The lowest BCUT2D eigenvalue weighted by Gasteiger charge is -2.37. The van der Waals surface area contributed by atoms with E-state index in [2.05, 4.69) is 4.98 Å². The molecular formula is C22H28FN3O5S. The first-order valence-electron chi connectivity index (χ1n) is 10.3. The summed E-state index contributed by atoms with van der Waals surface area (Å²) in [4.78, 5) is 19.3. The minimum atomic E-state index is -3.44. The number of fused-ring (bicyclic) bond motifs is 1. The van der Waals surface area contributed by atoms with E-state index in [0.717, 1.165) is 6.26 Å². The van der Waals surface area contributed by atoms with Crippen molar-refractivity contribution in [1.29, 1.82) is 0 Å². The number of carbonyl (C=O) groups excluding carboxylic acids is 1. The molecule has 2 heterocycles. The largest absolute Gasteiger partial charge is 0.472 e. The van der Waals surface area contributed by atoms with Gasteiger partial charge in [-0.15, -0.1) is 0 Å². The Bertz CT molecular complexity index is 1090. The molecule has 1 N–H and O–H groups in total. The number of benzene rings is 1. The number of carbonyl (C=O) groups is 1. The molecule has 3 atom stereocenters. The lowest BCUT2D eigenvalue weighted by atomic mass is 9.99. The molecule has 0 saturated heterocycles. The highest BCUT2D eigenvalue weighted by molar-refractivity contribution is 7.88. The van der Waals surface area contributed by atoms with Crippen molar-refractivity contribution >= 4 is 15.9 Å². The van der Waals surface area contributed by atoms with E-state index in [1.807, 2.05) is 6.92 Å². The molecule has 8 nitrogen and oxygen atoms in total. The molecule has 0 bridgehead atoms. The van der Waals surface area contributed by atoms with Gasteiger partial charge < -0.3 is 14.7 Å². The lowest BCUT2D eigenvalue weighted by molar-refractivity contribution is 0.0374. The number of amides is 1. The van der Waals surface area contributed by atoms with E-state index >= 15 is 0 Å². The number of hydrogen-bond donors (Lipinski definition) is 1. The second-order valence-electron chi connectivity index (χ2n) is 8.25. The third-order valence-electron chi connectivity index (χ3n) is 5.68. The van der Waals surface area contributed by atoms with Gasteiger partial charge in [0.15, 0.2) is 0 Å².